The van der Waals surface area contributed by atoms with E-state index in [-0.39, 0.29) is 14.9 Å². The lowest BCUT2D eigenvalue weighted by Crippen LogP contribution is -2.57. The fourth-order valence-corrected chi connectivity index (χ4v) is 5.00. The zero-order valence-electron chi connectivity index (χ0n) is 33.1. The van der Waals surface area contributed by atoms with Crippen molar-refractivity contribution in [3.63, 3.8) is 0 Å². The molecule has 0 aliphatic carbocycles. The van der Waals surface area contributed by atoms with Gasteiger partial charge >= 0.3 is 0 Å². The lowest BCUT2D eigenvalue weighted by Gasteiger charge is -2.46. The lowest BCUT2D eigenvalue weighted by molar-refractivity contribution is 0.0211. The molecule has 0 aromatic heterocycles. The Labute approximate surface area is 283 Å². The van der Waals surface area contributed by atoms with E-state index in [4.69, 9.17) is 0 Å². The fraction of sp³-hybridized carbons (Fsp3) is 1.00. The van der Waals surface area contributed by atoms with Crippen LogP contribution in [0.4, 0.5) is 0 Å². The zero-order valence-corrected chi connectivity index (χ0v) is 33.1. The molecule has 3 aliphatic heterocycles. The summed E-state index contributed by atoms with van der Waals surface area (Å²) in [4.78, 5) is 10.3. The minimum absolute atomic E-state index is 0. The van der Waals surface area contributed by atoms with Crippen LogP contribution in [0, 0.1) is 11.3 Å². The smallest absolute Gasteiger partial charge is 0.0126 e. The summed E-state index contributed by atoms with van der Waals surface area (Å²) in [6.45, 7) is 52.9. The topological polar surface area (TPSA) is 13.0 Å². The number of hydrogen-bond donors (Lipinski definition) is 0. The quantitative estimate of drug-likeness (QED) is 0.264. The van der Waals surface area contributed by atoms with E-state index < -0.39 is 0 Å². The molecule has 0 saturated carbocycles. The Morgan fingerprint density at radius 3 is 0.591 bits per heavy atom. The number of piperazine rings is 1. The second-order valence-corrected chi connectivity index (χ2v) is 19.1. The number of hydrogen-bond acceptors (Lipinski definition) is 4. The van der Waals surface area contributed by atoms with Crippen molar-refractivity contribution in [3.8, 4) is 0 Å². The molecule has 3 aliphatic rings. The van der Waals surface area contributed by atoms with Gasteiger partial charge in [-0.15, -0.1) is 0 Å². The SMILES string of the molecule is C.C.CC(C)(C)C.CC(C)(C)N1CCCC1.CC(C)(C)N1CCCCC1.CC(C)(C)N1CCN(C(C)(C)C)CC1.CC(C)C. The van der Waals surface area contributed by atoms with Gasteiger partial charge in [0.2, 0.25) is 0 Å². The maximum absolute atomic E-state index is 2.58. The van der Waals surface area contributed by atoms with Gasteiger partial charge in [-0.3, -0.25) is 19.6 Å². The standard InChI is InChI=1S/C12H26N2.C9H19N.C8H17N.C5H12.C4H10.2CH4/c1-11(2,3)13-7-9-14(10-8-13)12(4,5)6;1-9(2,3)10-7-5-4-6-8-10;1-8(2,3)9-6-4-5-7-9;1-5(2,3)4;1-4(2)3;;/h7-10H2,1-6H3;4-8H2,1-3H3;4-7H2,1-3H3;1-4H3;4H,1-3H3;2*1H4. The molecule has 0 aromatic carbocycles. The highest BCUT2D eigenvalue weighted by atomic mass is 15.3. The van der Waals surface area contributed by atoms with Gasteiger partial charge < -0.3 is 0 Å². The van der Waals surface area contributed by atoms with E-state index in [1.54, 1.807) is 0 Å². The lowest BCUT2D eigenvalue weighted by atomic mass is 10.0. The Balaban J connectivity index is -0.000000239. The third kappa shape index (κ3) is 29.3. The summed E-state index contributed by atoms with van der Waals surface area (Å²) in [6, 6.07) is 0. The number of piperidine rings is 1. The predicted octanol–water partition coefficient (Wildman–Crippen LogP) is 11.3. The van der Waals surface area contributed by atoms with E-state index in [1.165, 1.54) is 84.5 Å². The van der Waals surface area contributed by atoms with Crippen molar-refractivity contribution in [2.24, 2.45) is 11.3 Å². The van der Waals surface area contributed by atoms with Crippen molar-refractivity contribution in [2.45, 2.75) is 201 Å². The molecule has 4 heteroatoms. The van der Waals surface area contributed by atoms with E-state index >= 15 is 0 Å². The Morgan fingerprint density at radius 1 is 0.318 bits per heavy atom. The van der Waals surface area contributed by atoms with E-state index in [1.807, 2.05) is 0 Å². The third-order valence-corrected chi connectivity index (χ3v) is 7.54. The Morgan fingerprint density at radius 2 is 0.455 bits per heavy atom. The first-order valence-electron chi connectivity index (χ1n) is 17.7. The molecule has 3 heterocycles. The highest BCUT2D eigenvalue weighted by Crippen LogP contribution is 2.21. The average molecular weight is 629 g/mol. The minimum Gasteiger partial charge on any atom is -0.298 e. The summed E-state index contributed by atoms with van der Waals surface area (Å²) in [5, 5.41) is 0. The van der Waals surface area contributed by atoms with Crippen LogP contribution in [0.1, 0.15) is 179 Å². The van der Waals surface area contributed by atoms with Crippen molar-refractivity contribution in [3.05, 3.63) is 0 Å². The third-order valence-electron chi connectivity index (χ3n) is 7.54. The fourth-order valence-electron chi connectivity index (χ4n) is 5.00. The highest BCUT2D eigenvalue weighted by molar-refractivity contribution is 4.86. The molecule has 0 aromatic rings. The molecule has 3 saturated heterocycles. The van der Waals surface area contributed by atoms with Crippen LogP contribution in [0.3, 0.4) is 0 Å². The maximum Gasteiger partial charge on any atom is 0.0126 e. The second kappa shape index (κ2) is 22.4. The number of nitrogens with zero attached hydrogens (tertiary/aromatic N) is 4. The van der Waals surface area contributed by atoms with Crippen LogP contribution in [-0.4, -0.2) is 94.1 Å². The molecule has 4 nitrogen and oxygen atoms in total. The number of rotatable bonds is 0. The van der Waals surface area contributed by atoms with Gasteiger partial charge in [-0.05, 0) is 146 Å². The van der Waals surface area contributed by atoms with Gasteiger partial charge in [-0.1, -0.05) is 69.7 Å². The van der Waals surface area contributed by atoms with Crippen LogP contribution in [-0.2, 0) is 0 Å². The van der Waals surface area contributed by atoms with Crippen LogP contribution in [0.15, 0.2) is 0 Å². The van der Waals surface area contributed by atoms with Gasteiger partial charge in [0.15, 0.2) is 0 Å². The molecule has 0 radical (unpaired) electrons. The zero-order chi connectivity index (χ0) is 33.6. The van der Waals surface area contributed by atoms with Gasteiger partial charge in [0, 0.05) is 48.3 Å². The first kappa shape index (κ1) is 50.7. The van der Waals surface area contributed by atoms with Gasteiger partial charge in [0.25, 0.3) is 0 Å². The second-order valence-electron chi connectivity index (χ2n) is 19.1. The minimum atomic E-state index is 0. The van der Waals surface area contributed by atoms with E-state index in [0.717, 1.165) is 5.92 Å². The van der Waals surface area contributed by atoms with Crippen LogP contribution in [0.2, 0.25) is 0 Å². The first-order chi connectivity index (χ1) is 18.7. The van der Waals surface area contributed by atoms with Gasteiger partial charge in [0.1, 0.15) is 0 Å². The maximum atomic E-state index is 2.58. The van der Waals surface area contributed by atoms with Crippen LogP contribution < -0.4 is 0 Å². The summed E-state index contributed by atoms with van der Waals surface area (Å²) in [7, 11) is 0. The summed E-state index contributed by atoms with van der Waals surface area (Å²) in [5.41, 5.74) is 1.99. The van der Waals surface area contributed by atoms with Crippen molar-refractivity contribution >= 4 is 0 Å². The first-order valence-corrected chi connectivity index (χ1v) is 17.7. The molecule has 272 valence electrons. The largest absolute Gasteiger partial charge is 0.298 e. The van der Waals surface area contributed by atoms with Crippen molar-refractivity contribution in [2.75, 3.05) is 52.4 Å². The molecular weight excluding hydrogens is 536 g/mol. The Hall–Kier alpha value is -0.160. The van der Waals surface area contributed by atoms with Gasteiger partial charge in [-0.25, -0.2) is 0 Å². The van der Waals surface area contributed by atoms with Crippen molar-refractivity contribution < 1.29 is 0 Å². The summed E-state index contributed by atoms with van der Waals surface area (Å²) in [5.74, 6) is 0.833. The summed E-state index contributed by atoms with van der Waals surface area (Å²) < 4.78 is 0. The van der Waals surface area contributed by atoms with Crippen LogP contribution in [0.5, 0.6) is 0 Å². The molecule has 3 fully saturated rings. The van der Waals surface area contributed by atoms with E-state index in [9.17, 15) is 0 Å². The molecule has 0 amide bonds. The van der Waals surface area contributed by atoms with E-state index in [0.29, 0.717) is 27.6 Å². The van der Waals surface area contributed by atoms with Crippen LogP contribution in [0.25, 0.3) is 0 Å². The van der Waals surface area contributed by atoms with Gasteiger partial charge in [-0.2, -0.15) is 0 Å². The Kier molecular flexibility index (Phi) is 25.8. The van der Waals surface area contributed by atoms with Crippen molar-refractivity contribution in [1.82, 2.24) is 19.6 Å². The molecule has 3 rings (SSSR count). The molecule has 44 heavy (non-hydrogen) atoms. The normalized spacial score (nSPS) is 19.4. The van der Waals surface area contributed by atoms with E-state index in [2.05, 4.69) is 151 Å². The average Bonchev–Trinajstić information content (AvgIpc) is 3.33. The highest BCUT2D eigenvalue weighted by Gasteiger charge is 2.30. The number of likely N-dealkylation sites (tertiary alicyclic amines) is 2. The summed E-state index contributed by atoms with van der Waals surface area (Å²) >= 11 is 0. The molecule has 0 bridgehead atoms. The predicted molar refractivity (Wildman–Crippen MR) is 207 cm³/mol. The van der Waals surface area contributed by atoms with Crippen molar-refractivity contribution in [1.29, 1.82) is 0 Å². The van der Waals surface area contributed by atoms with Crippen LogP contribution >= 0.6 is 0 Å². The molecule has 0 N–H and O–H groups in total. The summed E-state index contributed by atoms with van der Waals surface area (Å²) in [6.07, 6.45) is 7.04. The molecular formula is C40H92N4. The van der Waals surface area contributed by atoms with Gasteiger partial charge in [0.05, 0.1) is 0 Å². The molecule has 0 unspecified atom stereocenters. The molecule has 0 atom stereocenters. The monoisotopic (exact) mass is 629 g/mol. The molecule has 0 spiro atoms. The Bertz CT molecular complexity index is 599.